The Morgan fingerprint density at radius 1 is 1.53 bits per heavy atom. The van der Waals surface area contributed by atoms with Crippen molar-refractivity contribution >= 4 is 5.78 Å². The van der Waals surface area contributed by atoms with Gasteiger partial charge in [-0.2, -0.15) is 0 Å². The number of aliphatic hydroxyl groups is 1. The van der Waals surface area contributed by atoms with Crippen molar-refractivity contribution in [2.24, 2.45) is 16.7 Å². The average molecular weight is 208 g/mol. The van der Waals surface area contributed by atoms with Crippen molar-refractivity contribution in [1.29, 1.82) is 0 Å². The summed E-state index contributed by atoms with van der Waals surface area (Å²) in [6.45, 7) is 9.89. The Bertz CT molecular complexity index is 331. The molecular formula is C13H20O2. The van der Waals surface area contributed by atoms with E-state index in [1.54, 1.807) is 6.08 Å². The van der Waals surface area contributed by atoms with Gasteiger partial charge in [0.15, 0.2) is 5.78 Å². The third-order valence-corrected chi connectivity index (χ3v) is 5.15. The van der Waals surface area contributed by atoms with Gasteiger partial charge in [-0.05, 0) is 18.3 Å². The molecule has 0 aromatic heterocycles. The van der Waals surface area contributed by atoms with Gasteiger partial charge in [-0.15, -0.1) is 6.58 Å². The van der Waals surface area contributed by atoms with Gasteiger partial charge in [0.05, 0.1) is 0 Å². The van der Waals surface area contributed by atoms with E-state index in [0.717, 1.165) is 12.8 Å². The summed E-state index contributed by atoms with van der Waals surface area (Å²) in [5, 5.41) is 10.5. The summed E-state index contributed by atoms with van der Waals surface area (Å²) in [4.78, 5) is 12.3. The summed E-state index contributed by atoms with van der Waals surface area (Å²) in [6.07, 6.45) is 3.94. The fourth-order valence-electron chi connectivity index (χ4n) is 3.83. The van der Waals surface area contributed by atoms with Crippen LogP contribution in [0.3, 0.4) is 0 Å². The van der Waals surface area contributed by atoms with Gasteiger partial charge in [-0.25, -0.2) is 0 Å². The van der Waals surface area contributed by atoms with Gasteiger partial charge >= 0.3 is 0 Å². The maximum atomic E-state index is 12.3. The van der Waals surface area contributed by atoms with E-state index >= 15 is 0 Å². The van der Waals surface area contributed by atoms with Crippen LogP contribution in [-0.2, 0) is 4.79 Å². The maximum absolute atomic E-state index is 12.3. The van der Waals surface area contributed by atoms with Gasteiger partial charge < -0.3 is 5.11 Å². The fraction of sp³-hybridized carbons (Fsp3) is 0.769. The SMILES string of the molecule is C=CCC1(O)C(=O)C2(C)CCC1C2(C)C. The summed E-state index contributed by atoms with van der Waals surface area (Å²) in [6, 6.07) is 0. The second-order valence-corrected chi connectivity index (χ2v) is 5.89. The molecule has 2 bridgehead atoms. The lowest BCUT2D eigenvalue weighted by molar-refractivity contribution is -0.146. The first kappa shape index (κ1) is 10.9. The quantitative estimate of drug-likeness (QED) is 0.707. The van der Waals surface area contributed by atoms with Crippen molar-refractivity contribution in [3.05, 3.63) is 12.7 Å². The normalized spacial score (nSPS) is 47.2. The molecule has 2 aliphatic rings. The number of hydrogen-bond acceptors (Lipinski definition) is 2. The van der Waals surface area contributed by atoms with E-state index in [1.807, 2.05) is 6.92 Å². The Morgan fingerprint density at radius 3 is 2.53 bits per heavy atom. The third-order valence-electron chi connectivity index (χ3n) is 5.15. The largest absolute Gasteiger partial charge is 0.381 e. The van der Waals surface area contributed by atoms with E-state index in [1.165, 1.54) is 0 Å². The Morgan fingerprint density at radius 2 is 2.13 bits per heavy atom. The Balaban J connectivity index is 2.51. The second kappa shape index (κ2) is 2.73. The number of carbonyl (C=O) groups is 1. The van der Waals surface area contributed by atoms with Crippen LogP contribution >= 0.6 is 0 Å². The van der Waals surface area contributed by atoms with Gasteiger partial charge in [0.25, 0.3) is 0 Å². The molecule has 3 atom stereocenters. The van der Waals surface area contributed by atoms with E-state index in [9.17, 15) is 9.90 Å². The smallest absolute Gasteiger partial charge is 0.171 e. The summed E-state index contributed by atoms with van der Waals surface area (Å²) >= 11 is 0. The highest BCUT2D eigenvalue weighted by Gasteiger charge is 2.72. The van der Waals surface area contributed by atoms with Crippen molar-refractivity contribution in [2.45, 2.75) is 45.6 Å². The van der Waals surface area contributed by atoms with E-state index in [0.29, 0.717) is 6.42 Å². The molecule has 0 heterocycles. The minimum atomic E-state index is -1.14. The van der Waals surface area contributed by atoms with Crippen LogP contribution in [0.15, 0.2) is 12.7 Å². The van der Waals surface area contributed by atoms with Crippen LogP contribution in [0.25, 0.3) is 0 Å². The summed E-state index contributed by atoms with van der Waals surface area (Å²) in [7, 11) is 0. The molecule has 3 unspecified atom stereocenters. The van der Waals surface area contributed by atoms with Crippen molar-refractivity contribution < 1.29 is 9.90 Å². The van der Waals surface area contributed by atoms with Crippen molar-refractivity contribution in [3.8, 4) is 0 Å². The van der Waals surface area contributed by atoms with Crippen molar-refractivity contribution in [1.82, 2.24) is 0 Å². The molecular weight excluding hydrogens is 188 g/mol. The lowest BCUT2D eigenvalue weighted by Gasteiger charge is -2.32. The first-order valence-corrected chi connectivity index (χ1v) is 5.69. The van der Waals surface area contributed by atoms with Crippen LogP contribution in [0, 0.1) is 16.7 Å². The molecule has 2 heteroatoms. The molecule has 2 nitrogen and oxygen atoms in total. The molecule has 15 heavy (non-hydrogen) atoms. The Kier molecular flexibility index (Phi) is 1.98. The number of fused-ring (bicyclic) bond motifs is 2. The molecule has 2 aliphatic carbocycles. The van der Waals surface area contributed by atoms with Crippen LogP contribution in [-0.4, -0.2) is 16.5 Å². The fourth-order valence-corrected chi connectivity index (χ4v) is 3.83. The highest BCUT2D eigenvalue weighted by molar-refractivity contribution is 5.97. The molecule has 2 fully saturated rings. The molecule has 0 saturated heterocycles. The third kappa shape index (κ3) is 0.963. The van der Waals surface area contributed by atoms with Crippen LogP contribution in [0.4, 0.5) is 0 Å². The minimum Gasteiger partial charge on any atom is -0.381 e. The lowest BCUT2D eigenvalue weighted by atomic mass is 9.70. The highest BCUT2D eigenvalue weighted by atomic mass is 16.3. The summed E-state index contributed by atoms with van der Waals surface area (Å²) in [5.41, 5.74) is -1.56. The topological polar surface area (TPSA) is 37.3 Å². The molecule has 84 valence electrons. The molecule has 2 rings (SSSR count). The van der Waals surface area contributed by atoms with Crippen LogP contribution in [0.5, 0.6) is 0 Å². The number of hydrogen-bond donors (Lipinski definition) is 1. The zero-order valence-corrected chi connectivity index (χ0v) is 9.84. The molecule has 1 N–H and O–H groups in total. The monoisotopic (exact) mass is 208 g/mol. The average Bonchev–Trinajstić information content (AvgIpc) is 2.42. The van der Waals surface area contributed by atoms with Crippen LogP contribution < -0.4 is 0 Å². The molecule has 0 aromatic carbocycles. The number of carbonyl (C=O) groups excluding carboxylic acids is 1. The lowest BCUT2D eigenvalue weighted by Crippen LogP contribution is -2.46. The van der Waals surface area contributed by atoms with E-state index < -0.39 is 5.60 Å². The van der Waals surface area contributed by atoms with Gasteiger partial charge in [0, 0.05) is 17.8 Å². The number of rotatable bonds is 2. The van der Waals surface area contributed by atoms with Gasteiger partial charge in [0.2, 0.25) is 0 Å². The van der Waals surface area contributed by atoms with E-state index in [4.69, 9.17) is 0 Å². The highest BCUT2D eigenvalue weighted by Crippen LogP contribution is 2.67. The second-order valence-electron chi connectivity index (χ2n) is 5.89. The molecule has 0 spiro atoms. The zero-order chi connectivity index (χ0) is 11.5. The van der Waals surface area contributed by atoms with Crippen molar-refractivity contribution in [2.75, 3.05) is 0 Å². The molecule has 0 aromatic rings. The van der Waals surface area contributed by atoms with Crippen molar-refractivity contribution in [3.63, 3.8) is 0 Å². The van der Waals surface area contributed by atoms with E-state index in [-0.39, 0.29) is 22.5 Å². The molecule has 2 saturated carbocycles. The maximum Gasteiger partial charge on any atom is 0.171 e. The van der Waals surface area contributed by atoms with Gasteiger partial charge in [-0.1, -0.05) is 26.8 Å². The predicted octanol–water partition coefficient (Wildman–Crippen LogP) is 2.32. The predicted molar refractivity (Wildman–Crippen MR) is 59.4 cm³/mol. The zero-order valence-electron chi connectivity index (χ0n) is 9.84. The van der Waals surface area contributed by atoms with Crippen LogP contribution in [0.2, 0.25) is 0 Å². The van der Waals surface area contributed by atoms with E-state index in [2.05, 4.69) is 20.4 Å². The molecule has 0 amide bonds. The summed E-state index contributed by atoms with van der Waals surface area (Å²) in [5.74, 6) is 0.136. The first-order valence-electron chi connectivity index (χ1n) is 5.69. The van der Waals surface area contributed by atoms with Gasteiger partial charge in [-0.3, -0.25) is 4.79 Å². The van der Waals surface area contributed by atoms with Gasteiger partial charge in [0.1, 0.15) is 5.60 Å². The minimum absolute atomic E-state index is 0.0381. The standard InChI is InChI=1S/C13H20O2/c1-5-7-13(15)9-6-8-12(4,10(13)14)11(9,2)3/h5,9,15H,1,6-8H2,2-4H3. The number of ketones is 1. The molecule has 0 aliphatic heterocycles. The molecule has 0 radical (unpaired) electrons. The summed E-state index contributed by atoms with van der Waals surface area (Å²) < 4.78 is 0. The Labute approximate surface area is 91.4 Å². The van der Waals surface area contributed by atoms with Crippen LogP contribution in [0.1, 0.15) is 40.0 Å². The number of Topliss-reactive ketones (excluding diaryl/α,β-unsaturated/α-hetero) is 1. The first-order chi connectivity index (χ1) is 6.80. The Hall–Kier alpha value is -0.630.